The molecule has 2 aromatic carbocycles. The van der Waals surface area contributed by atoms with E-state index in [0.29, 0.717) is 36.2 Å². The molecule has 1 aliphatic rings. The molecule has 46 heavy (non-hydrogen) atoms. The summed E-state index contributed by atoms with van der Waals surface area (Å²) in [6.45, 7) is 4.14. The van der Waals surface area contributed by atoms with Crippen molar-refractivity contribution < 1.29 is 13.7 Å². The van der Waals surface area contributed by atoms with Crippen LogP contribution in [-0.2, 0) is 24.2 Å². The Morgan fingerprint density at radius 2 is 1.78 bits per heavy atom. The Hall–Kier alpha value is -5.17. The zero-order valence-electron chi connectivity index (χ0n) is 25.7. The van der Waals surface area contributed by atoms with Crippen LogP contribution in [0.1, 0.15) is 73.7 Å². The molecule has 4 aromatic heterocycles. The Kier molecular flexibility index (Phi) is 8.14. The molecule has 1 N–H and O–H groups in total. The van der Waals surface area contributed by atoms with Crippen LogP contribution in [0.4, 0.5) is 0 Å². The maximum absolute atomic E-state index is 14.3. The molecule has 1 saturated carbocycles. The van der Waals surface area contributed by atoms with Crippen LogP contribution in [0.15, 0.2) is 73.4 Å². The van der Waals surface area contributed by atoms with Gasteiger partial charge in [-0.05, 0) is 48.8 Å². The summed E-state index contributed by atoms with van der Waals surface area (Å²) in [6.07, 6.45) is 6.81. The molecule has 0 amide bonds. The highest BCUT2D eigenvalue weighted by Crippen LogP contribution is 2.32. The van der Waals surface area contributed by atoms with Gasteiger partial charge >= 0.3 is 5.76 Å². The quantitative estimate of drug-likeness (QED) is 0.224. The molecule has 0 atom stereocenters. The molecule has 1 aliphatic carbocycles. The van der Waals surface area contributed by atoms with Gasteiger partial charge in [0.25, 0.3) is 5.56 Å². The van der Waals surface area contributed by atoms with Gasteiger partial charge in [-0.3, -0.25) is 18.9 Å². The number of H-pyrrole nitrogens is 1. The van der Waals surface area contributed by atoms with Gasteiger partial charge in [0.1, 0.15) is 12.9 Å². The maximum atomic E-state index is 14.3. The summed E-state index contributed by atoms with van der Waals surface area (Å²) in [6, 6.07) is 15.8. The average Bonchev–Trinajstić information content (AvgIpc) is 3.84. The number of nitrogens with one attached hydrogen (secondary N) is 1. The molecule has 13 heteroatoms. The van der Waals surface area contributed by atoms with E-state index in [1.165, 1.54) is 6.33 Å². The lowest BCUT2D eigenvalue weighted by atomic mass is 9.92. The van der Waals surface area contributed by atoms with E-state index in [0.717, 1.165) is 65.6 Å². The van der Waals surface area contributed by atoms with E-state index >= 15 is 0 Å². The van der Waals surface area contributed by atoms with Crippen molar-refractivity contribution in [1.82, 2.24) is 39.5 Å². The summed E-state index contributed by atoms with van der Waals surface area (Å²) in [5.74, 6) is 1.35. The Labute approximate surface area is 263 Å². The van der Waals surface area contributed by atoms with Crippen LogP contribution in [0, 0.1) is 6.92 Å². The van der Waals surface area contributed by atoms with Crippen LogP contribution in [-0.4, -0.2) is 45.6 Å². The number of aryl methyl sites for hydroxylation is 2. The number of fused-ring (bicyclic) bond motifs is 1. The van der Waals surface area contributed by atoms with Crippen molar-refractivity contribution in [2.24, 2.45) is 0 Å². The first-order valence-electron chi connectivity index (χ1n) is 15.6. The normalized spacial score (nSPS) is 16.7. The first-order valence-corrected chi connectivity index (χ1v) is 15.6. The molecule has 0 spiro atoms. The fourth-order valence-electron chi connectivity index (χ4n) is 6.43. The SMILES string of the molecule is CCCc1c(Cc2ccc(-c3ccccc3-c3noc(=O)[nH]3)cc2)c(=O)n([C@H]2CC[C@H](OCc3nnc(C)o3)CC2)c2ncnn12. The number of ether oxygens (including phenoxy) is 1. The Balaban J connectivity index is 1.15. The predicted molar refractivity (Wildman–Crippen MR) is 167 cm³/mol. The lowest BCUT2D eigenvalue weighted by molar-refractivity contribution is -0.00132. The van der Waals surface area contributed by atoms with Gasteiger partial charge in [0.05, 0.1) is 11.8 Å². The van der Waals surface area contributed by atoms with Crippen molar-refractivity contribution in [3.8, 4) is 22.5 Å². The smallest absolute Gasteiger partial charge is 0.423 e. The zero-order chi connectivity index (χ0) is 31.6. The van der Waals surface area contributed by atoms with E-state index < -0.39 is 5.76 Å². The first-order chi connectivity index (χ1) is 22.5. The summed E-state index contributed by atoms with van der Waals surface area (Å²) in [5, 5.41) is 16.3. The van der Waals surface area contributed by atoms with Gasteiger partial charge in [-0.15, -0.1) is 10.2 Å². The Bertz CT molecular complexity index is 2080. The van der Waals surface area contributed by atoms with E-state index in [-0.39, 0.29) is 24.3 Å². The second kappa shape index (κ2) is 12.7. The van der Waals surface area contributed by atoms with Gasteiger partial charge in [-0.25, -0.2) is 9.31 Å². The molecule has 6 aromatic rings. The minimum absolute atomic E-state index is 0.0130. The summed E-state index contributed by atoms with van der Waals surface area (Å²) in [5.41, 5.74) is 5.24. The molecule has 1 fully saturated rings. The number of aromatic amines is 1. The van der Waals surface area contributed by atoms with Crippen molar-refractivity contribution in [2.75, 3.05) is 0 Å². The third kappa shape index (κ3) is 5.81. The number of rotatable bonds is 10. The lowest BCUT2D eigenvalue weighted by Gasteiger charge is -2.30. The number of hydrogen-bond donors (Lipinski definition) is 1. The molecule has 0 saturated heterocycles. The zero-order valence-corrected chi connectivity index (χ0v) is 25.7. The van der Waals surface area contributed by atoms with Crippen LogP contribution in [0.3, 0.4) is 0 Å². The van der Waals surface area contributed by atoms with Crippen LogP contribution in [0.5, 0.6) is 0 Å². The summed E-state index contributed by atoms with van der Waals surface area (Å²) < 4.78 is 19.9. The highest BCUT2D eigenvalue weighted by Gasteiger charge is 2.28. The third-order valence-corrected chi connectivity index (χ3v) is 8.60. The van der Waals surface area contributed by atoms with Crippen molar-refractivity contribution in [1.29, 1.82) is 0 Å². The monoisotopic (exact) mass is 622 g/mol. The van der Waals surface area contributed by atoms with Crippen LogP contribution in [0.2, 0.25) is 0 Å². The van der Waals surface area contributed by atoms with Gasteiger partial charge in [0, 0.05) is 30.5 Å². The minimum atomic E-state index is -0.602. The number of aromatic nitrogens is 8. The summed E-state index contributed by atoms with van der Waals surface area (Å²) in [4.78, 5) is 33.1. The van der Waals surface area contributed by atoms with Crippen molar-refractivity contribution in [3.63, 3.8) is 0 Å². The second-order valence-corrected chi connectivity index (χ2v) is 11.6. The topological polar surface area (TPSA) is 159 Å². The Morgan fingerprint density at radius 3 is 2.48 bits per heavy atom. The molecule has 236 valence electrons. The lowest BCUT2D eigenvalue weighted by Crippen LogP contribution is -2.35. The number of hydrogen-bond acceptors (Lipinski definition) is 10. The van der Waals surface area contributed by atoms with E-state index in [2.05, 4.69) is 37.3 Å². The average molecular weight is 623 g/mol. The van der Waals surface area contributed by atoms with Crippen molar-refractivity contribution >= 4 is 5.78 Å². The van der Waals surface area contributed by atoms with Gasteiger partial charge in [0.15, 0.2) is 5.82 Å². The molecule has 13 nitrogen and oxygen atoms in total. The number of benzene rings is 2. The van der Waals surface area contributed by atoms with Gasteiger partial charge in [0.2, 0.25) is 17.6 Å². The second-order valence-electron chi connectivity index (χ2n) is 11.6. The fraction of sp³-hybridized carbons (Fsp3) is 0.364. The summed E-state index contributed by atoms with van der Waals surface area (Å²) in [7, 11) is 0. The van der Waals surface area contributed by atoms with E-state index in [1.807, 2.05) is 57.6 Å². The number of nitrogens with zero attached hydrogens (tertiary/aromatic N) is 7. The summed E-state index contributed by atoms with van der Waals surface area (Å²) >= 11 is 0. The largest absolute Gasteiger partial charge is 0.439 e. The molecule has 4 heterocycles. The maximum Gasteiger partial charge on any atom is 0.439 e. The molecule has 0 bridgehead atoms. The van der Waals surface area contributed by atoms with E-state index in [4.69, 9.17) is 13.7 Å². The van der Waals surface area contributed by atoms with Gasteiger partial charge in [-0.2, -0.15) is 10.1 Å². The fourth-order valence-corrected chi connectivity index (χ4v) is 6.43. The minimum Gasteiger partial charge on any atom is -0.423 e. The Morgan fingerprint density at radius 1 is 1.00 bits per heavy atom. The van der Waals surface area contributed by atoms with E-state index in [9.17, 15) is 9.59 Å². The molecule has 0 unspecified atom stereocenters. The van der Waals surface area contributed by atoms with Crippen LogP contribution < -0.4 is 11.3 Å². The van der Waals surface area contributed by atoms with Crippen molar-refractivity contribution in [3.05, 3.63) is 104 Å². The van der Waals surface area contributed by atoms with Crippen molar-refractivity contribution in [2.45, 2.75) is 77.5 Å². The molecule has 7 rings (SSSR count). The first kappa shape index (κ1) is 29.5. The van der Waals surface area contributed by atoms with Crippen LogP contribution >= 0.6 is 0 Å². The molecule has 0 aliphatic heterocycles. The van der Waals surface area contributed by atoms with Gasteiger partial charge < -0.3 is 9.15 Å². The third-order valence-electron chi connectivity index (χ3n) is 8.60. The molecular formula is C33H34N8O5. The highest BCUT2D eigenvalue weighted by atomic mass is 16.5. The van der Waals surface area contributed by atoms with Crippen LogP contribution in [0.25, 0.3) is 28.3 Å². The van der Waals surface area contributed by atoms with Gasteiger partial charge in [-0.1, -0.05) is 67.0 Å². The molecular weight excluding hydrogens is 588 g/mol. The van der Waals surface area contributed by atoms with E-state index in [1.54, 1.807) is 6.92 Å². The standard InChI is InChI=1S/C33H34N8O5/c1-3-6-28-27(17-21-9-11-22(12-10-21)25-7-4-5-8-26(25)30-36-33(43)46-39-30)31(42)40(32-34-19-35-41(28)32)23-13-15-24(16-14-23)44-18-29-38-37-20(2)45-29/h4-5,7-12,19,23-24H,3,6,13-18H2,1-2H3,(H,36,39,43)/t23-,24-. The predicted octanol–water partition coefficient (Wildman–Crippen LogP) is 4.84. The molecule has 0 radical (unpaired) electrons. The highest BCUT2D eigenvalue weighted by molar-refractivity contribution is 5.80.